The number of halogens is 1. The molecule has 2 aliphatic rings. The third-order valence-corrected chi connectivity index (χ3v) is 9.21. The van der Waals surface area contributed by atoms with Gasteiger partial charge in [-0.3, -0.25) is 0 Å². The average Bonchev–Trinajstić information content (AvgIpc) is 3.05. The molecule has 3 rings (SSSR count). The van der Waals surface area contributed by atoms with Crippen LogP contribution < -0.4 is 5.73 Å². The smallest absolute Gasteiger partial charge is 0.423 e. The molecule has 1 fully saturated rings. The normalized spacial score (nSPS) is 25.1. The summed E-state index contributed by atoms with van der Waals surface area (Å²) < 4.78 is 14.6. The van der Waals surface area contributed by atoms with E-state index in [1.165, 1.54) is 23.9 Å². The number of aliphatic imine (C=N–C) groups is 1. The van der Waals surface area contributed by atoms with Gasteiger partial charge in [-0.25, -0.2) is 19.0 Å². The van der Waals surface area contributed by atoms with E-state index in [1.54, 1.807) is 6.07 Å². The summed E-state index contributed by atoms with van der Waals surface area (Å²) >= 11 is 1.20. The lowest BCUT2D eigenvalue weighted by Gasteiger charge is -2.61. The molecule has 1 heterocycles. The summed E-state index contributed by atoms with van der Waals surface area (Å²) in [5.74, 6) is -0.639. The zero-order valence-electron chi connectivity index (χ0n) is 19.4. The van der Waals surface area contributed by atoms with Crippen molar-refractivity contribution in [3.05, 3.63) is 29.6 Å². The van der Waals surface area contributed by atoms with Gasteiger partial charge in [0.1, 0.15) is 5.82 Å². The molecular weight excluding hydrogens is 433 g/mol. The molecule has 9 heteroatoms. The van der Waals surface area contributed by atoms with E-state index in [0.29, 0.717) is 17.7 Å². The molecule has 32 heavy (non-hydrogen) atoms. The van der Waals surface area contributed by atoms with Crippen molar-refractivity contribution in [2.75, 3.05) is 5.73 Å². The highest BCUT2D eigenvalue weighted by Crippen LogP contribution is 2.69. The van der Waals surface area contributed by atoms with Crippen molar-refractivity contribution in [1.29, 1.82) is 0 Å². The molecule has 0 radical (unpaired) electrons. The maximum absolute atomic E-state index is 15.3. The minimum absolute atomic E-state index is 0.144. The van der Waals surface area contributed by atoms with E-state index < -0.39 is 39.1 Å². The first-order valence-electron chi connectivity index (χ1n) is 10.7. The quantitative estimate of drug-likeness (QED) is 0.438. The zero-order valence-corrected chi connectivity index (χ0v) is 20.2. The molecule has 1 aliphatic carbocycles. The van der Waals surface area contributed by atoms with Gasteiger partial charge in [-0.2, -0.15) is 4.90 Å². The number of fused-ring (bicyclic) bond motifs is 1. The van der Waals surface area contributed by atoms with Gasteiger partial charge in [0, 0.05) is 21.9 Å². The third kappa shape index (κ3) is 3.45. The van der Waals surface area contributed by atoms with Gasteiger partial charge < -0.3 is 15.9 Å². The van der Waals surface area contributed by atoms with Gasteiger partial charge in [0.15, 0.2) is 5.17 Å². The monoisotopic (exact) mass is 465 g/mol. The molecule has 176 valence electrons. The van der Waals surface area contributed by atoms with Crippen molar-refractivity contribution >= 4 is 34.8 Å². The Morgan fingerprint density at radius 1 is 1.16 bits per heavy atom. The van der Waals surface area contributed by atoms with Crippen LogP contribution in [0.5, 0.6) is 0 Å². The van der Waals surface area contributed by atoms with Crippen LogP contribution in [0.4, 0.5) is 19.7 Å². The first-order valence-corrected chi connectivity index (χ1v) is 11.5. The van der Waals surface area contributed by atoms with E-state index >= 15 is 4.39 Å². The number of benzene rings is 1. The SMILES string of the molecule is CC(C)(C)C1(C(C)(C)C)SC(N(C(=O)O)C(=O)O)=N[C@@]2(c3cc(N)ccc3F)CCC[C@@H]12. The lowest BCUT2D eigenvalue weighted by Crippen LogP contribution is -2.63. The fourth-order valence-corrected chi connectivity index (χ4v) is 7.96. The molecular formula is C23H32FN3O4S. The second-order valence-corrected chi connectivity index (χ2v) is 12.0. The molecule has 0 aromatic heterocycles. The molecule has 0 spiro atoms. The first-order chi connectivity index (χ1) is 14.6. The Balaban J connectivity index is 2.45. The number of carbonyl (C=O) groups is 2. The van der Waals surface area contributed by atoms with Crippen molar-refractivity contribution in [3.63, 3.8) is 0 Å². The fraction of sp³-hybridized carbons (Fsp3) is 0.609. The van der Waals surface area contributed by atoms with Crippen LogP contribution in [0.15, 0.2) is 23.2 Å². The Morgan fingerprint density at radius 3 is 2.22 bits per heavy atom. The largest absolute Gasteiger partial charge is 0.464 e. The van der Waals surface area contributed by atoms with Gasteiger partial charge in [0.25, 0.3) is 0 Å². The highest BCUT2D eigenvalue weighted by molar-refractivity contribution is 8.15. The number of hydrogen-bond donors (Lipinski definition) is 3. The van der Waals surface area contributed by atoms with Crippen LogP contribution in [0, 0.1) is 22.6 Å². The van der Waals surface area contributed by atoms with Crippen LogP contribution in [-0.2, 0) is 5.54 Å². The van der Waals surface area contributed by atoms with Crippen molar-refractivity contribution in [1.82, 2.24) is 4.90 Å². The van der Waals surface area contributed by atoms with Crippen molar-refractivity contribution in [2.24, 2.45) is 21.7 Å². The molecule has 2 atom stereocenters. The summed E-state index contributed by atoms with van der Waals surface area (Å²) in [4.78, 5) is 28.9. The van der Waals surface area contributed by atoms with E-state index in [0.717, 1.165) is 12.8 Å². The Bertz CT molecular complexity index is 954. The first kappa shape index (κ1) is 24.4. The maximum atomic E-state index is 15.3. The number of nitrogens with zero attached hydrogens (tertiary/aromatic N) is 2. The number of amides is 2. The van der Waals surface area contributed by atoms with Gasteiger partial charge >= 0.3 is 12.2 Å². The minimum atomic E-state index is -1.64. The lowest BCUT2D eigenvalue weighted by molar-refractivity contribution is 0.0480. The molecule has 1 aliphatic heterocycles. The molecule has 0 unspecified atom stereocenters. The number of hydrogen-bond acceptors (Lipinski definition) is 5. The van der Waals surface area contributed by atoms with Crippen molar-refractivity contribution in [3.8, 4) is 0 Å². The molecule has 1 saturated carbocycles. The second-order valence-electron chi connectivity index (χ2n) is 10.7. The van der Waals surface area contributed by atoms with Gasteiger partial charge in [-0.1, -0.05) is 59.7 Å². The topological polar surface area (TPSA) is 116 Å². The maximum Gasteiger partial charge on any atom is 0.423 e. The Labute approximate surface area is 192 Å². The molecule has 7 nitrogen and oxygen atoms in total. The molecule has 0 saturated heterocycles. The molecule has 1 aromatic rings. The highest BCUT2D eigenvalue weighted by atomic mass is 32.2. The summed E-state index contributed by atoms with van der Waals surface area (Å²) in [5.41, 5.74) is 4.77. The van der Waals surface area contributed by atoms with Gasteiger partial charge in [-0.15, -0.1) is 0 Å². The minimum Gasteiger partial charge on any atom is -0.464 e. The van der Waals surface area contributed by atoms with Crippen molar-refractivity contribution < 1.29 is 24.2 Å². The number of carboxylic acid groups (broad SMARTS) is 2. The predicted octanol–water partition coefficient (Wildman–Crippen LogP) is 6.00. The van der Waals surface area contributed by atoms with Crippen LogP contribution in [0.3, 0.4) is 0 Å². The molecule has 0 bridgehead atoms. The number of rotatable bonds is 1. The molecule has 1 aromatic carbocycles. The van der Waals surface area contributed by atoms with E-state index in [1.807, 2.05) is 0 Å². The van der Waals surface area contributed by atoms with Gasteiger partial charge in [0.05, 0.1) is 5.54 Å². The summed E-state index contributed by atoms with van der Waals surface area (Å²) in [5, 5.41) is 19.3. The zero-order chi connectivity index (χ0) is 24.3. The highest BCUT2D eigenvalue weighted by Gasteiger charge is 2.67. The van der Waals surface area contributed by atoms with Gasteiger partial charge in [-0.05, 0) is 41.9 Å². The number of imide groups is 1. The average molecular weight is 466 g/mol. The van der Waals surface area contributed by atoms with E-state index in [-0.39, 0.29) is 16.0 Å². The Hall–Kier alpha value is -2.29. The van der Waals surface area contributed by atoms with Crippen LogP contribution in [-0.4, -0.2) is 37.2 Å². The van der Waals surface area contributed by atoms with Crippen molar-refractivity contribution in [2.45, 2.75) is 71.1 Å². The molecule has 2 amide bonds. The summed E-state index contributed by atoms with van der Waals surface area (Å²) in [6.07, 6.45) is -1.29. The summed E-state index contributed by atoms with van der Waals surface area (Å²) in [7, 11) is 0. The number of nitrogen functional groups attached to an aromatic ring is 1. The Kier molecular flexibility index (Phi) is 5.82. The third-order valence-electron chi connectivity index (χ3n) is 6.92. The van der Waals surface area contributed by atoms with E-state index in [2.05, 4.69) is 41.5 Å². The van der Waals surface area contributed by atoms with Crippen LogP contribution in [0.2, 0.25) is 0 Å². The second kappa shape index (κ2) is 7.64. The van der Waals surface area contributed by atoms with Crippen LogP contribution >= 0.6 is 11.8 Å². The lowest BCUT2D eigenvalue weighted by atomic mass is 9.55. The summed E-state index contributed by atoms with van der Waals surface area (Å²) in [6.45, 7) is 12.4. The predicted molar refractivity (Wildman–Crippen MR) is 124 cm³/mol. The van der Waals surface area contributed by atoms with E-state index in [4.69, 9.17) is 10.7 Å². The number of thioether (sulfide) groups is 1. The van der Waals surface area contributed by atoms with E-state index in [9.17, 15) is 19.8 Å². The number of amidine groups is 1. The van der Waals surface area contributed by atoms with Crippen LogP contribution in [0.25, 0.3) is 0 Å². The molecule has 4 N–H and O–H groups in total. The standard InChI is InChI=1S/C23H32FN3O4S/c1-20(2,3)23(21(4,5)6)16-8-7-11-22(16,14-12-13(25)9-10-15(14)24)26-17(32-23)27(18(28)29)19(30)31/h9-10,12,16H,7-8,11,25H2,1-6H3,(H,28,29)(H,30,31)/t16-,22-/m1/s1. The summed E-state index contributed by atoms with van der Waals surface area (Å²) in [6, 6.07) is 4.34. The van der Waals surface area contributed by atoms with Crippen LogP contribution in [0.1, 0.15) is 66.4 Å². The Morgan fingerprint density at radius 2 is 1.72 bits per heavy atom. The fourth-order valence-electron chi connectivity index (χ4n) is 6.15. The number of nitrogens with two attached hydrogens (primary N) is 1. The number of anilines is 1. The van der Waals surface area contributed by atoms with Gasteiger partial charge in [0.2, 0.25) is 0 Å².